The van der Waals surface area contributed by atoms with Crippen molar-refractivity contribution in [2.24, 2.45) is 10.8 Å². The molecule has 0 aromatic rings. The number of hydrogen-bond acceptors (Lipinski definition) is 3. The van der Waals surface area contributed by atoms with E-state index in [1.807, 2.05) is 0 Å². The SMILES string of the molecule is Cl.NC(=O)C1=CC=NNC=C1. The fourth-order valence-corrected chi connectivity index (χ4v) is 0.551. The molecule has 0 unspecified atom stereocenters. The molecule has 0 radical (unpaired) electrons. The maximum Gasteiger partial charge on any atom is 0.248 e. The predicted octanol–water partition coefficient (Wildman–Crippen LogP) is -0.0774. The molecule has 0 bridgehead atoms. The van der Waals surface area contributed by atoms with Crippen LogP contribution in [-0.4, -0.2) is 12.1 Å². The number of nitrogens with zero attached hydrogens (tertiary/aromatic N) is 1. The van der Waals surface area contributed by atoms with Crippen LogP contribution in [0.25, 0.3) is 0 Å². The Morgan fingerprint density at radius 1 is 1.64 bits per heavy atom. The summed E-state index contributed by atoms with van der Waals surface area (Å²) in [5, 5.41) is 3.66. The standard InChI is InChI=1S/C6H7N3O.ClH/c7-6(10)5-1-3-8-9-4-2-5;/h1-4,8H,(H2,7,10);1H. The third kappa shape index (κ3) is 2.86. The van der Waals surface area contributed by atoms with E-state index in [0.717, 1.165) is 0 Å². The summed E-state index contributed by atoms with van der Waals surface area (Å²) in [5.41, 5.74) is 7.99. The van der Waals surface area contributed by atoms with Crippen LogP contribution in [0.1, 0.15) is 0 Å². The summed E-state index contributed by atoms with van der Waals surface area (Å²) in [6, 6.07) is 0. The van der Waals surface area contributed by atoms with Gasteiger partial charge in [0, 0.05) is 18.0 Å². The molecule has 0 aliphatic carbocycles. The zero-order chi connectivity index (χ0) is 7.40. The van der Waals surface area contributed by atoms with Gasteiger partial charge in [0.05, 0.1) is 0 Å². The number of halogens is 1. The number of nitrogens with two attached hydrogens (primary N) is 1. The average Bonchev–Trinajstić information content (AvgIpc) is 2.12. The lowest BCUT2D eigenvalue weighted by Crippen LogP contribution is -2.12. The number of carbonyl (C=O) groups excluding carboxylic acids is 1. The second-order valence-corrected chi connectivity index (χ2v) is 1.73. The molecule has 11 heavy (non-hydrogen) atoms. The highest BCUT2D eigenvalue weighted by molar-refractivity contribution is 5.98. The molecule has 0 spiro atoms. The van der Waals surface area contributed by atoms with Crippen molar-refractivity contribution in [2.75, 3.05) is 0 Å². The number of amides is 1. The van der Waals surface area contributed by atoms with Crippen molar-refractivity contribution < 1.29 is 4.79 Å². The average molecular weight is 174 g/mol. The summed E-state index contributed by atoms with van der Waals surface area (Å²) in [7, 11) is 0. The van der Waals surface area contributed by atoms with Gasteiger partial charge in [0.25, 0.3) is 0 Å². The molecule has 1 rings (SSSR count). The van der Waals surface area contributed by atoms with Crippen LogP contribution in [0, 0.1) is 0 Å². The number of primary amides is 1. The van der Waals surface area contributed by atoms with Gasteiger partial charge in [-0.1, -0.05) is 0 Å². The summed E-state index contributed by atoms with van der Waals surface area (Å²) in [4.78, 5) is 10.5. The quantitative estimate of drug-likeness (QED) is 0.583. The Morgan fingerprint density at radius 2 is 2.36 bits per heavy atom. The molecule has 0 aromatic carbocycles. The molecule has 0 saturated carbocycles. The molecule has 3 N–H and O–H groups in total. The van der Waals surface area contributed by atoms with E-state index < -0.39 is 5.91 Å². The Bertz CT molecular complexity index is 232. The summed E-state index contributed by atoms with van der Waals surface area (Å²) in [6.45, 7) is 0. The highest BCUT2D eigenvalue weighted by Crippen LogP contribution is 1.94. The van der Waals surface area contributed by atoms with Crippen molar-refractivity contribution in [1.29, 1.82) is 0 Å². The van der Waals surface area contributed by atoms with Crippen LogP contribution in [0.3, 0.4) is 0 Å². The van der Waals surface area contributed by atoms with E-state index in [2.05, 4.69) is 10.5 Å². The monoisotopic (exact) mass is 173 g/mol. The number of nitrogens with one attached hydrogen (secondary N) is 1. The minimum absolute atomic E-state index is 0. The van der Waals surface area contributed by atoms with Gasteiger partial charge in [-0.15, -0.1) is 12.4 Å². The van der Waals surface area contributed by atoms with Gasteiger partial charge >= 0.3 is 0 Å². The molecule has 0 atom stereocenters. The van der Waals surface area contributed by atoms with Gasteiger partial charge < -0.3 is 5.73 Å². The topological polar surface area (TPSA) is 67.5 Å². The van der Waals surface area contributed by atoms with Crippen molar-refractivity contribution in [3.05, 3.63) is 23.9 Å². The Balaban J connectivity index is 0.000001000. The highest BCUT2D eigenvalue weighted by atomic mass is 35.5. The van der Waals surface area contributed by atoms with E-state index >= 15 is 0 Å². The first-order valence-corrected chi connectivity index (χ1v) is 2.76. The second kappa shape index (κ2) is 4.51. The smallest absolute Gasteiger partial charge is 0.248 e. The van der Waals surface area contributed by atoms with Gasteiger partial charge in [-0.05, 0) is 12.2 Å². The van der Waals surface area contributed by atoms with Crippen LogP contribution in [-0.2, 0) is 4.79 Å². The lowest BCUT2D eigenvalue weighted by molar-refractivity contribution is -0.114. The van der Waals surface area contributed by atoms with Crippen LogP contribution in [0.2, 0.25) is 0 Å². The number of carbonyl (C=O) groups is 1. The van der Waals surface area contributed by atoms with Crippen molar-refractivity contribution >= 4 is 24.5 Å². The molecular formula is C6H8ClN3O. The Kier molecular flexibility index (Phi) is 3.98. The largest absolute Gasteiger partial charge is 0.366 e. The van der Waals surface area contributed by atoms with Crippen molar-refractivity contribution in [3.8, 4) is 0 Å². The van der Waals surface area contributed by atoms with Crippen molar-refractivity contribution in [3.63, 3.8) is 0 Å². The van der Waals surface area contributed by atoms with E-state index in [1.165, 1.54) is 6.21 Å². The van der Waals surface area contributed by atoms with Gasteiger partial charge in [0.1, 0.15) is 0 Å². The van der Waals surface area contributed by atoms with Crippen molar-refractivity contribution in [2.45, 2.75) is 0 Å². The van der Waals surface area contributed by atoms with Crippen LogP contribution in [0.4, 0.5) is 0 Å². The van der Waals surface area contributed by atoms with E-state index in [1.54, 1.807) is 18.4 Å². The predicted molar refractivity (Wildman–Crippen MR) is 45.3 cm³/mol. The third-order valence-corrected chi connectivity index (χ3v) is 1.03. The summed E-state index contributed by atoms with van der Waals surface area (Å²) in [6.07, 6.45) is 6.12. The lowest BCUT2D eigenvalue weighted by atomic mass is 10.2. The summed E-state index contributed by atoms with van der Waals surface area (Å²) >= 11 is 0. The zero-order valence-electron chi connectivity index (χ0n) is 5.65. The van der Waals surface area contributed by atoms with Gasteiger partial charge in [-0.25, -0.2) is 0 Å². The fourth-order valence-electron chi connectivity index (χ4n) is 0.551. The third-order valence-electron chi connectivity index (χ3n) is 1.03. The van der Waals surface area contributed by atoms with E-state index in [0.29, 0.717) is 5.57 Å². The molecule has 0 saturated heterocycles. The molecule has 1 heterocycles. The maximum absolute atomic E-state index is 10.5. The summed E-state index contributed by atoms with van der Waals surface area (Å²) in [5.74, 6) is -0.452. The molecule has 4 nitrogen and oxygen atoms in total. The number of hydrogen-bond donors (Lipinski definition) is 2. The molecule has 5 heteroatoms. The van der Waals surface area contributed by atoms with Gasteiger partial charge in [-0.3, -0.25) is 10.2 Å². The maximum atomic E-state index is 10.5. The Morgan fingerprint density at radius 3 is 3.00 bits per heavy atom. The molecule has 0 fully saturated rings. The van der Waals surface area contributed by atoms with Crippen molar-refractivity contribution in [1.82, 2.24) is 5.43 Å². The number of rotatable bonds is 1. The lowest BCUT2D eigenvalue weighted by Gasteiger charge is -1.88. The zero-order valence-corrected chi connectivity index (χ0v) is 6.47. The molecular weight excluding hydrogens is 166 g/mol. The molecule has 1 aliphatic rings. The normalized spacial score (nSPS) is 14.0. The molecule has 1 aliphatic heterocycles. The van der Waals surface area contributed by atoms with E-state index in [4.69, 9.17) is 5.73 Å². The minimum atomic E-state index is -0.452. The van der Waals surface area contributed by atoms with E-state index in [-0.39, 0.29) is 12.4 Å². The number of allylic oxidation sites excluding steroid dienone is 1. The first-order chi connectivity index (χ1) is 4.80. The van der Waals surface area contributed by atoms with Gasteiger partial charge in [-0.2, -0.15) is 5.10 Å². The highest BCUT2D eigenvalue weighted by Gasteiger charge is 1.98. The van der Waals surface area contributed by atoms with Crippen LogP contribution in [0.15, 0.2) is 29.0 Å². The Labute approximate surface area is 70.2 Å². The Hall–Kier alpha value is -1.29. The minimum Gasteiger partial charge on any atom is -0.366 e. The molecule has 60 valence electrons. The molecule has 1 amide bonds. The molecule has 0 aromatic heterocycles. The first-order valence-electron chi connectivity index (χ1n) is 2.76. The van der Waals surface area contributed by atoms with Gasteiger partial charge in [0.15, 0.2) is 0 Å². The first kappa shape index (κ1) is 9.71. The fraction of sp³-hybridized carbons (Fsp3) is 0. The van der Waals surface area contributed by atoms with Crippen LogP contribution in [0.5, 0.6) is 0 Å². The summed E-state index contributed by atoms with van der Waals surface area (Å²) < 4.78 is 0. The van der Waals surface area contributed by atoms with E-state index in [9.17, 15) is 4.79 Å². The second-order valence-electron chi connectivity index (χ2n) is 1.73. The van der Waals surface area contributed by atoms with Crippen LogP contribution < -0.4 is 11.2 Å². The number of hydrazone groups is 1. The van der Waals surface area contributed by atoms with Crippen LogP contribution >= 0.6 is 12.4 Å². The van der Waals surface area contributed by atoms with Gasteiger partial charge in [0.2, 0.25) is 5.91 Å².